The Kier molecular flexibility index (Phi) is 7.88. The molecule has 0 atom stereocenters. The largest absolute Gasteiger partial charge is 0.480 e. The number of halogens is 2. The summed E-state index contributed by atoms with van der Waals surface area (Å²) in [5.74, 6) is -0.385. The Labute approximate surface area is 223 Å². The number of ether oxygens (including phenoxy) is 1. The number of carboxylic acids is 1. The second-order valence-corrected chi connectivity index (χ2v) is 11.1. The minimum Gasteiger partial charge on any atom is -0.480 e. The van der Waals surface area contributed by atoms with Gasteiger partial charge in [0.2, 0.25) is 5.88 Å². The molecule has 10 nitrogen and oxygen atoms in total. The van der Waals surface area contributed by atoms with Gasteiger partial charge < -0.3 is 14.7 Å². The van der Waals surface area contributed by atoms with E-state index in [1.165, 1.54) is 24.3 Å². The molecule has 2 aromatic carbocycles. The van der Waals surface area contributed by atoms with Crippen LogP contribution in [-0.4, -0.2) is 72.9 Å². The topological polar surface area (TPSA) is 118 Å². The second-order valence-electron chi connectivity index (χ2n) is 8.32. The molecule has 0 aliphatic heterocycles. The first-order valence-electron chi connectivity index (χ1n) is 11.0. The predicted octanol–water partition coefficient (Wildman–Crippen LogP) is 3.95. The van der Waals surface area contributed by atoms with Crippen molar-refractivity contribution in [3.05, 3.63) is 70.8 Å². The number of aliphatic carboxylic acids is 1. The van der Waals surface area contributed by atoms with Crippen LogP contribution in [0.5, 0.6) is 5.88 Å². The molecule has 0 aliphatic rings. The number of aromatic nitrogens is 3. The summed E-state index contributed by atoms with van der Waals surface area (Å²) < 4.78 is 34.9. The minimum atomic E-state index is -4.29. The molecule has 194 valence electrons. The number of anilines is 1. The average Bonchev–Trinajstić information content (AvgIpc) is 3.25. The molecule has 0 saturated carbocycles. The number of nitrogens with zero attached hydrogens (tertiary/aromatic N) is 5. The highest BCUT2D eigenvalue weighted by molar-refractivity contribution is 7.92. The molecule has 4 aromatic rings. The van der Waals surface area contributed by atoms with Crippen molar-refractivity contribution in [3.63, 3.8) is 0 Å². The zero-order valence-corrected chi connectivity index (χ0v) is 22.2. The van der Waals surface area contributed by atoms with Crippen molar-refractivity contribution >= 4 is 55.8 Å². The van der Waals surface area contributed by atoms with E-state index < -0.39 is 22.5 Å². The summed E-state index contributed by atoms with van der Waals surface area (Å²) in [6, 6.07) is 13.9. The monoisotopic (exact) mass is 563 g/mol. The first-order chi connectivity index (χ1) is 17.5. The molecule has 0 saturated heterocycles. The lowest BCUT2D eigenvalue weighted by molar-refractivity contribution is -0.135. The van der Waals surface area contributed by atoms with Gasteiger partial charge in [-0.3, -0.25) is 13.7 Å². The lowest BCUT2D eigenvalue weighted by Gasteiger charge is -2.23. The SMILES string of the molecule is CN(C)CCOc1ccc(-n2ccc3cc(N(CC(=O)O)S(=O)(=O)c4cc(Cl)cc(Cl)c4)ccc32)nn1. The van der Waals surface area contributed by atoms with Crippen LogP contribution in [0.15, 0.2) is 65.7 Å². The molecule has 0 aliphatic carbocycles. The van der Waals surface area contributed by atoms with Gasteiger partial charge in [-0.05, 0) is 62.6 Å². The van der Waals surface area contributed by atoms with Crippen molar-refractivity contribution in [3.8, 4) is 11.7 Å². The molecule has 0 unspecified atom stereocenters. The number of sulfonamides is 1. The maximum absolute atomic E-state index is 13.4. The minimum absolute atomic E-state index is 0.115. The number of hydrogen-bond donors (Lipinski definition) is 1. The number of carboxylic acid groups (broad SMARTS) is 1. The summed E-state index contributed by atoms with van der Waals surface area (Å²) in [6.07, 6.45) is 1.76. The van der Waals surface area contributed by atoms with Gasteiger partial charge in [-0.2, -0.15) is 0 Å². The van der Waals surface area contributed by atoms with Gasteiger partial charge in [0.05, 0.1) is 16.1 Å². The van der Waals surface area contributed by atoms with E-state index in [0.29, 0.717) is 23.7 Å². The number of rotatable bonds is 10. The van der Waals surface area contributed by atoms with E-state index in [-0.39, 0.29) is 20.6 Å². The van der Waals surface area contributed by atoms with Crippen molar-refractivity contribution in [2.24, 2.45) is 0 Å². The molecular weight excluding hydrogens is 541 g/mol. The quantitative estimate of drug-likeness (QED) is 0.308. The van der Waals surface area contributed by atoms with Crippen molar-refractivity contribution in [1.82, 2.24) is 19.7 Å². The van der Waals surface area contributed by atoms with E-state index in [0.717, 1.165) is 16.4 Å². The van der Waals surface area contributed by atoms with Crippen LogP contribution in [0.25, 0.3) is 16.7 Å². The molecule has 13 heteroatoms. The maximum Gasteiger partial charge on any atom is 0.324 e. The summed E-state index contributed by atoms with van der Waals surface area (Å²) >= 11 is 12.0. The Morgan fingerprint density at radius 2 is 1.76 bits per heavy atom. The van der Waals surface area contributed by atoms with E-state index in [2.05, 4.69) is 10.2 Å². The summed E-state index contributed by atoms with van der Waals surface area (Å²) in [5, 5.41) is 18.7. The molecule has 2 aromatic heterocycles. The molecular formula is C24H23Cl2N5O5S. The van der Waals surface area contributed by atoms with Gasteiger partial charge in [0.25, 0.3) is 10.0 Å². The van der Waals surface area contributed by atoms with Crippen molar-refractivity contribution < 1.29 is 23.1 Å². The second kappa shape index (κ2) is 10.9. The third-order valence-electron chi connectivity index (χ3n) is 5.33. The van der Waals surface area contributed by atoms with Gasteiger partial charge in [0.1, 0.15) is 13.2 Å². The summed E-state index contributed by atoms with van der Waals surface area (Å²) in [7, 11) is -0.392. The molecule has 0 amide bonds. The first kappa shape index (κ1) is 26.7. The number of benzene rings is 2. The number of carbonyl (C=O) groups is 1. The Morgan fingerprint density at radius 1 is 1.03 bits per heavy atom. The Bertz CT molecular complexity index is 1520. The zero-order chi connectivity index (χ0) is 26.7. The molecule has 0 bridgehead atoms. The van der Waals surface area contributed by atoms with E-state index >= 15 is 0 Å². The third kappa shape index (κ3) is 6.13. The molecule has 1 N–H and O–H groups in total. The lowest BCUT2D eigenvalue weighted by atomic mass is 10.2. The van der Waals surface area contributed by atoms with Crippen LogP contribution < -0.4 is 9.04 Å². The molecule has 2 heterocycles. The van der Waals surface area contributed by atoms with Crippen LogP contribution in [0.4, 0.5) is 5.69 Å². The van der Waals surface area contributed by atoms with E-state index in [1.54, 1.807) is 41.1 Å². The van der Waals surface area contributed by atoms with E-state index in [1.807, 2.05) is 19.0 Å². The van der Waals surface area contributed by atoms with Crippen molar-refractivity contribution in [1.29, 1.82) is 0 Å². The fraction of sp³-hybridized carbons (Fsp3) is 0.208. The van der Waals surface area contributed by atoms with Crippen LogP contribution in [0.2, 0.25) is 10.0 Å². The lowest BCUT2D eigenvalue weighted by Crippen LogP contribution is -2.35. The third-order valence-corrected chi connectivity index (χ3v) is 7.51. The highest BCUT2D eigenvalue weighted by atomic mass is 35.5. The number of hydrogen-bond acceptors (Lipinski definition) is 7. The fourth-order valence-corrected chi connectivity index (χ4v) is 5.71. The van der Waals surface area contributed by atoms with E-state index in [4.69, 9.17) is 27.9 Å². The van der Waals surface area contributed by atoms with Gasteiger partial charge in [-0.25, -0.2) is 8.42 Å². The Hall–Kier alpha value is -3.38. The Balaban J connectivity index is 1.66. The van der Waals surface area contributed by atoms with Crippen LogP contribution >= 0.6 is 23.2 Å². The van der Waals surface area contributed by atoms with E-state index in [9.17, 15) is 18.3 Å². The maximum atomic E-state index is 13.4. The summed E-state index contributed by atoms with van der Waals surface area (Å²) in [5.41, 5.74) is 0.886. The first-order valence-corrected chi connectivity index (χ1v) is 13.2. The average molecular weight is 564 g/mol. The van der Waals surface area contributed by atoms with Crippen molar-refractivity contribution in [2.75, 3.05) is 38.1 Å². The molecule has 0 spiro atoms. The van der Waals surface area contributed by atoms with Crippen LogP contribution in [0.1, 0.15) is 0 Å². The molecule has 0 fully saturated rings. The molecule has 0 radical (unpaired) electrons. The molecule has 4 rings (SSSR count). The van der Waals surface area contributed by atoms with Crippen LogP contribution in [-0.2, 0) is 14.8 Å². The van der Waals surface area contributed by atoms with Gasteiger partial charge in [0, 0.05) is 34.2 Å². The standard InChI is InChI=1S/C24H23Cl2N5O5S/c1-29(2)9-10-36-23-6-5-22(27-28-23)30-8-7-16-11-19(3-4-21(16)30)31(15-24(32)33)37(34,35)20-13-17(25)12-18(26)14-20/h3-8,11-14H,9-10,15H2,1-2H3,(H,32,33). The van der Waals surface area contributed by atoms with Crippen LogP contribution in [0.3, 0.4) is 0 Å². The van der Waals surface area contributed by atoms with Gasteiger partial charge in [-0.15, -0.1) is 10.2 Å². The van der Waals surface area contributed by atoms with Crippen LogP contribution in [0, 0.1) is 0 Å². The van der Waals surface area contributed by atoms with Gasteiger partial charge in [-0.1, -0.05) is 23.2 Å². The number of fused-ring (bicyclic) bond motifs is 1. The zero-order valence-electron chi connectivity index (χ0n) is 19.9. The molecule has 37 heavy (non-hydrogen) atoms. The van der Waals surface area contributed by atoms with Crippen molar-refractivity contribution in [2.45, 2.75) is 4.90 Å². The Morgan fingerprint density at radius 3 is 2.38 bits per heavy atom. The summed E-state index contributed by atoms with van der Waals surface area (Å²) in [6.45, 7) is 0.430. The van der Waals surface area contributed by atoms with Gasteiger partial charge in [0.15, 0.2) is 5.82 Å². The highest BCUT2D eigenvalue weighted by Crippen LogP contribution is 2.31. The fourth-order valence-electron chi connectivity index (χ4n) is 3.58. The predicted molar refractivity (Wildman–Crippen MR) is 142 cm³/mol. The highest BCUT2D eigenvalue weighted by Gasteiger charge is 2.28. The van der Waals surface area contributed by atoms with Gasteiger partial charge >= 0.3 is 5.97 Å². The smallest absolute Gasteiger partial charge is 0.324 e. The summed E-state index contributed by atoms with van der Waals surface area (Å²) in [4.78, 5) is 13.4. The normalized spacial score (nSPS) is 11.7. The number of likely N-dealkylation sites (N-methyl/N-ethyl adjacent to an activating group) is 1.